The Morgan fingerprint density at radius 3 is 3.09 bits per heavy atom. The molecule has 3 nitrogen and oxygen atoms in total. The van der Waals surface area contributed by atoms with Crippen molar-refractivity contribution in [3.63, 3.8) is 0 Å². The quantitative estimate of drug-likeness (QED) is 0.633. The zero-order valence-electron chi connectivity index (χ0n) is 6.05. The van der Waals surface area contributed by atoms with Crippen LogP contribution in [0.5, 0.6) is 0 Å². The molecule has 3 heteroatoms. The minimum Gasteiger partial charge on any atom is -0.477 e. The summed E-state index contributed by atoms with van der Waals surface area (Å²) in [4.78, 5) is 13.4. The first-order valence-electron chi connectivity index (χ1n) is 3.71. The highest BCUT2D eigenvalue weighted by molar-refractivity contribution is 5.88. The van der Waals surface area contributed by atoms with Crippen molar-refractivity contribution in [3.8, 4) is 0 Å². The Morgan fingerprint density at radius 2 is 2.36 bits per heavy atom. The fourth-order valence-electron chi connectivity index (χ4n) is 1.65. The highest BCUT2D eigenvalue weighted by Gasteiger charge is 2.19. The second-order valence-electron chi connectivity index (χ2n) is 2.83. The average Bonchev–Trinajstić information content (AvgIpc) is 2.41. The van der Waals surface area contributed by atoms with Gasteiger partial charge in [0.1, 0.15) is 5.69 Å². The maximum absolute atomic E-state index is 10.6. The highest BCUT2D eigenvalue weighted by atomic mass is 16.4. The maximum Gasteiger partial charge on any atom is 0.352 e. The topological polar surface area (TPSA) is 53.1 Å². The molecule has 1 aliphatic rings. The van der Waals surface area contributed by atoms with Crippen LogP contribution < -0.4 is 0 Å². The second kappa shape index (κ2) is 2.12. The van der Waals surface area contributed by atoms with E-state index in [4.69, 9.17) is 5.11 Å². The molecule has 0 unspecified atom stereocenters. The number of carboxylic acids is 1. The van der Waals surface area contributed by atoms with E-state index in [1.165, 1.54) is 5.56 Å². The van der Waals surface area contributed by atoms with Crippen LogP contribution in [0.25, 0.3) is 0 Å². The molecule has 0 fully saturated rings. The van der Waals surface area contributed by atoms with E-state index in [-0.39, 0.29) is 0 Å². The number of nitrogens with one attached hydrogen (secondary N) is 1. The van der Waals surface area contributed by atoms with Crippen molar-refractivity contribution in [2.24, 2.45) is 0 Å². The minimum absolute atomic E-state index is 0.387. The third-order valence-electron chi connectivity index (χ3n) is 2.17. The number of carboxylic acid groups (broad SMARTS) is 1. The van der Waals surface area contributed by atoms with Crippen molar-refractivity contribution in [1.82, 2.24) is 4.98 Å². The Morgan fingerprint density at radius 1 is 1.55 bits per heavy atom. The van der Waals surface area contributed by atoms with Gasteiger partial charge in [-0.05, 0) is 30.4 Å². The van der Waals surface area contributed by atoms with Crippen molar-refractivity contribution in [1.29, 1.82) is 0 Å². The van der Waals surface area contributed by atoms with Gasteiger partial charge in [-0.2, -0.15) is 0 Å². The Labute approximate surface area is 64.1 Å². The summed E-state index contributed by atoms with van der Waals surface area (Å²) in [6, 6.07) is 0. The molecule has 2 N–H and O–H groups in total. The SMILES string of the molecule is O=C(O)c1[nH]cc2c1CCC2. The summed E-state index contributed by atoms with van der Waals surface area (Å²) >= 11 is 0. The lowest BCUT2D eigenvalue weighted by Gasteiger charge is -1.91. The molecule has 58 valence electrons. The van der Waals surface area contributed by atoms with Gasteiger partial charge >= 0.3 is 5.97 Å². The molecule has 0 bridgehead atoms. The molecule has 0 atom stereocenters. The largest absolute Gasteiger partial charge is 0.477 e. The Hall–Kier alpha value is -1.25. The van der Waals surface area contributed by atoms with Crippen molar-refractivity contribution in [3.05, 3.63) is 23.0 Å². The van der Waals surface area contributed by atoms with E-state index in [2.05, 4.69) is 4.98 Å². The molecule has 1 aromatic heterocycles. The van der Waals surface area contributed by atoms with Crippen molar-refractivity contribution < 1.29 is 9.90 Å². The van der Waals surface area contributed by atoms with E-state index in [0.717, 1.165) is 24.8 Å². The summed E-state index contributed by atoms with van der Waals surface area (Å²) in [5, 5.41) is 8.71. The standard InChI is InChI=1S/C8H9NO2/c10-8(11)7-6-3-1-2-5(6)4-9-7/h4,9H,1-3H2,(H,10,11). The molecule has 1 heterocycles. The molecule has 0 saturated carbocycles. The summed E-state index contributed by atoms with van der Waals surface area (Å²) in [6.45, 7) is 0. The fourth-order valence-corrected chi connectivity index (χ4v) is 1.65. The molecule has 0 saturated heterocycles. The fraction of sp³-hybridized carbons (Fsp3) is 0.375. The van der Waals surface area contributed by atoms with Crippen LogP contribution in [0.3, 0.4) is 0 Å². The first-order valence-corrected chi connectivity index (χ1v) is 3.71. The van der Waals surface area contributed by atoms with Crippen LogP contribution in [0, 0.1) is 0 Å². The molecular weight excluding hydrogens is 142 g/mol. The van der Waals surface area contributed by atoms with Gasteiger partial charge in [-0.15, -0.1) is 0 Å². The first kappa shape index (κ1) is 6.46. The van der Waals surface area contributed by atoms with Crippen molar-refractivity contribution >= 4 is 5.97 Å². The van der Waals surface area contributed by atoms with E-state index in [1.807, 2.05) is 6.20 Å². The molecule has 0 radical (unpaired) electrons. The maximum atomic E-state index is 10.6. The van der Waals surface area contributed by atoms with Crippen molar-refractivity contribution in [2.45, 2.75) is 19.3 Å². The third-order valence-corrected chi connectivity index (χ3v) is 2.17. The van der Waals surface area contributed by atoms with E-state index in [0.29, 0.717) is 5.69 Å². The number of aromatic carboxylic acids is 1. The van der Waals surface area contributed by atoms with Crippen LogP contribution in [-0.4, -0.2) is 16.1 Å². The van der Waals surface area contributed by atoms with E-state index < -0.39 is 5.97 Å². The lowest BCUT2D eigenvalue weighted by atomic mass is 10.2. The second-order valence-corrected chi connectivity index (χ2v) is 2.83. The summed E-state index contributed by atoms with van der Waals surface area (Å²) in [6.07, 6.45) is 4.85. The normalized spacial score (nSPS) is 14.9. The van der Waals surface area contributed by atoms with Gasteiger partial charge in [0, 0.05) is 6.20 Å². The van der Waals surface area contributed by atoms with E-state index in [9.17, 15) is 4.79 Å². The average molecular weight is 151 g/mol. The molecule has 1 aliphatic carbocycles. The molecule has 11 heavy (non-hydrogen) atoms. The highest BCUT2D eigenvalue weighted by Crippen LogP contribution is 2.24. The molecular formula is C8H9NO2. The van der Waals surface area contributed by atoms with Crippen molar-refractivity contribution in [2.75, 3.05) is 0 Å². The van der Waals surface area contributed by atoms with Gasteiger partial charge in [-0.25, -0.2) is 4.79 Å². The monoisotopic (exact) mass is 151 g/mol. The Bertz CT molecular complexity index is 301. The van der Waals surface area contributed by atoms with Crippen LogP contribution in [0.4, 0.5) is 0 Å². The predicted octanol–water partition coefficient (Wildman–Crippen LogP) is 1.20. The molecule has 0 spiro atoms. The number of fused-ring (bicyclic) bond motifs is 1. The Kier molecular flexibility index (Phi) is 1.24. The number of aromatic nitrogens is 1. The van der Waals surface area contributed by atoms with Crippen LogP contribution in [0.15, 0.2) is 6.20 Å². The van der Waals surface area contributed by atoms with E-state index in [1.54, 1.807) is 0 Å². The molecule has 0 amide bonds. The lowest BCUT2D eigenvalue weighted by Crippen LogP contribution is -1.99. The third kappa shape index (κ3) is 0.843. The number of aryl methyl sites for hydroxylation is 1. The van der Waals surface area contributed by atoms with Gasteiger partial charge in [-0.3, -0.25) is 0 Å². The summed E-state index contributed by atoms with van der Waals surface area (Å²) in [7, 11) is 0. The van der Waals surface area contributed by atoms with Gasteiger partial charge in [-0.1, -0.05) is 0 Å². The summed E-state index contributed by atoms with van der Waals surface area (Å²) in [5.41, 5.74) is 2.58. The zero-order chi connectivity index (χ0) is 7.84. The first-order chi connectivity index (χ1) is 5.29. The van der Waals surface area contributed by atoms with Gasteiger partial charge < -0.3 is 10.1 Å². The van der Waals surface area contributed by atoms with Gasteiger partial charge in [0.2, 0.25) is 0 Å². The summed E-state index contributed by atoms with van der Waals surface area (Å²) < 4.78 is 0. The number of carbonyl (C=O) groups is 1. The number of aromatic amines is 1. The lowest BCUT2D eigenvalue weighted by molar-refractivity contribution is 0.0690. The smallest absolute Gasteiger partial charge is 0.352 e. The number of rotatable bonds is 1. The van der Waals surface area contributed by atoms with Gasteiger partial charge in [0.15, 0.2) is 0 Å². The Balaban J connectivity index is 2.50. The molecule has 2 rings (SSSR count). The predicted molar refractivity (Wildman–Crippen MR) is 39.8 cm³/mol. The van der Waals surface area contributed by atoms with Crippen LogP contribution in [0.1, 0.15) is 28.0 Å². The van der Waals surface area contributed by atoms with Gasteiger partial charge in [0.25, 0.3) is 0 Å². The van der Waals surface area contributed by atoms with E-state index >= 15 is 0 Å². The van der Waals surface area contributed by atoms with Crippen LogP contribution in [-0.2, 0) is 12.8 Å². The van der Waals surface area contributed by atoms with Crippen LogP contribution in [0.2, 0.25) is 0 Å². The summed E-state index contributed by atoms with van der Waals surface area (Å²) in [5.74, 6) is -0.840. The zero-order valence-corrected chi connectivity index (χ0v) is 6.05. The molecule has 1 aromatic rings. The number of hydrogen-bond acceptors (Lipinski definition) is 1. The molecule has 0 aromatic carbocycles. The minimum atomic E-state index is -0.840. The number of H-pyrrole nitrogens is 1. The number of hydrogen-bond donors (Lipinski definition) is 2. The van der Waals surface area contributed by atoms with Crippen LogP contribution >= 0.6 is 0 Å². The molecule has 0 aliphatic heterocycles. The van der Waals surface area contributed by atoms with Gasteiger partial charge in [0.05, 0.1) is 0 Å².